The zero-order chi connectivity index (χ0) is 30.6. The summed E-state index contributed by atoms with van der Waals surface area (Å²) in [5.74, 6) is -1.69. The van der Waals surface area contributed by atoms with Gasteiger partial charge in [-0.05, 0) is 49.7 Å². The lowest BCUT2D eigenvalue weighted by molar-refractivity contribution is 0.0938. The Kier molecular flexibility index (Phi) is 6.97. The molecular formula is C32H27F2N5O4S. The van der Waals surface area contributed by atoms with Crippen molar-refractivity contribution in [2.45, 2.75) is 42.9 Å². The van der Waals surface area contributed by atoms with Crippen LogP contribution in [-0.2, 0) is 27.7 Å². The second kappa shape index (κ2) is 10.9. The molecule has 1 amide bonds. The van der Waals surface area contributed by atoms with Crippen molar-refractivity contribution in [1.29, 1.82) is 0 Å². The monoisotopic (exact) mass is 615 g/mol. The van der Waals surface area contributed by atoms with Gasteiger partial charge < -0.3 is 15.0 Å². The minimum Gasteiger partial charge on any atom is -0.372 e. The number of sulfone groups is 1. The van der Waals surface area contributed by atoms with E-state index in [4.69, 9.17) is 14.7 Å². The first-order valence-electron chi connectivity index (χ1n) is 14.2. The van der Waals surface area contributed by atoms with Crippen LogP contribution in [0.3, 0.4) is 0 Å². The average Bonchev–Trinajstić information content (AvgIpc) is 3.13. The van der Waals surface area contributed by atoms with Crippen molar-refractivity contribution in [2.75, 3.05) is 18.1 Å². The van der Waals surface area contributed by atoms with E-state index in [1.54, 1.807) is 12.3 Å². The Morgan fingerprint density at radius 2 is 1.95 bits per heavy atom. The second-order valence-corrected chi connectivity index (χ2v) is 13.1. The summed E-state index contributed by atoms with van der Waals surface area (Å²) in [7, 11) is -4.51. The molecule has 0 spiro atoms. The number of carbonyl (C=O) groups is 1. The molecule has 44 heavy (non-hydrogen) atoms. The number of nitrogens with one attached hydrogen (secondary N) is 1. The van der Waals surface area contributed by atoms with Gasteiger partial charge in [0.05, 0.1) is 59.0 Å². The molecule has 1 fully saturated rings. The maximum absolute atomic E-state index is 14.8. The Morgan fingerprint density at radius 1 is 1.09 bits per heavy atom. The van der Waals surface area contributed by atoms with Gasteiger partial charge in [-0.1, -0.05) is 18.2 Å². The molecule has 0 saturated carbocycles. The number of alkyl halides is 1. The number of anilines is 1. The number of halogens is 2. The highest BCUT2D eigenvalue weighted by atomic mass is 32.2. The van der Waals surface area contributed by atoms with Crippen molar-refractivity contribution in [1.82, 2.24) is 20.3 Å². The number of nitrogens with zero attached hydrogens (tertiary/aromatic N) is 4. The molecule has 2 aromatic carbocycles. The Labute approximate surface area is 251 Å². The molecule has 0 bridgehead atoms. The number of para-hydroxylation sites is 1. The first-order chi connectivity index (χ1) is 21.2. The largest absolute Gasteiger partial charge is 0.372 e. The van der Waals surface area contributed by atoms with Crippen molar-refractivity contribution in [2.24, 2.45) is 0 Å². The van der Waals surface area contributed by atoms with Gasteiger partial charge in [-0.2, -0.15) is 0 Å². The van der Waals surface area contributed by atoms with Crippen LogP contribution in [0.25, 0.3) is 33.1 Å². The lowest BCUT2D eigenvalue weighted by Gasteiger charge is -2.40. The lowest BCUT2D eigenvalue weighted by Crippen LogP contribution is -2.45. The van der Waals surface area contributed by atoms with Crippen molar-refractivity contribution >= 4 is 43.2 Å². The summed E-state index contributed by atoms with van der Waals surface area (Å²) in [6.07, 6.45) is 4.72. The van der Waals surface area contributed by atoms with Gasteiger partial charge in [-0.25, -0.2) is 22.2 Å². The molecule has 0 aliphatic carbocycles. The molecular weight excluding hydrogens is 588 g/mol. The SMILES string of the molecule is C[C@@H]1CCN1c1cnc2c(-c3ccc4cnc(CNC(=O)c5cc(F)c6c(c5)S(=O)(=O)[C@@H](F)COC6)cc4n3)cccc2c1. The standard InChI is InChI=1S/C32H27F2N5O4S/c1-18-7-8-39(18)23-9-19-3-2-4-24(31(19)36-15-23)27-6-5-20-13-35-22(12-28(20)38-27)14-37-32(40)21-10-26(33)25-16-43-17-30(34)44(41,42)29(25)11-21/h2-6,9-13,15,18,30H,7-8,14,16-17H2,1H3,(H,37,40)/t18-,30-/m1/s1. The molecule has 2 aliphatic heterocycles. The lowest BCUT2D eigenvalue weighted by atomic mass is 10.0. The van der Waals surface area contributed by atoms with E-state index in [-0.39, 0.29) is 17.7 Å². The number of hydrogen-bond acceptors (Lipinski definition) is 8. The number of benzene rings is 2. The van der Waals surface area contributed by atoms with Crippen LogP contribution in [0.2, 0.25) is 0 Å². The van der Waals surface area contributed by atoms with Gasteiger partial charge >= 0.3 is 0 Å². The number of carbonyl (C=O) groups excluding carboxylic acids is 1. The maximum Gasteiger partial charge on any atom is 0.251 e. The van der Waals surface area contributed by atoms with Crippen LogP contribution in [-0.4, -0.2) is 54.0 Å². The van der Waals surface area contributed by atoms with E-state index in [0.29, 0.717) is 17.3 Å². The highest BCUT2D eigenvalue weighted by Crippen LogP contribution is 2.33. The maximum atomic E-state index is 14.8. The third kappa shape index (κ3) is 4.93. The number of aromatic nitrogens is 3. The Balaban J connectivity index is 1.14. The number of pyridine rings is 3. The minimum absolute atomic E-state index is 0.0332. The van der Waals surface area contributed by atoms with Gasteiger partial charge in [0, 0.05) is 46.2 Å². The van der Waals surface area contributed by atoms with E-state index in [2.05, 4.69) is 28.2 Å². The van der Waals surface area contributed by atoms with E-state index >= 15 is 0 Å². The molecule has 5 aromatic rings. The molecule has 12 heteroatoms. The van der Waals surface area contributed by atoms with Crippen molar-refractivity contribution in [3.8, 4) is 11.3 Å². The number of amides is 1. The summed E-state index contributed by atoms with van der Waals surface area (Å²) in [5, 5.41) is 4.46. The third-order valence-electron chi connectivity index (χ3n) is 8.24. The topological polar surface area (TPSA) is 114 Å². The van der Waals surface area contributed by atoms with Crippen molar-refractivity contribution in [3.05, 3.63) is 89.6 Å². The molecule has 2 atom stereocenters. The first kappa shape index (κ1) is 28.2. The fourth-order valence-corrected chi connectivity index (χ4v) is 6.95. The van der Waals surface area contributed by atoms with Crippen LogP contribution in [0.15, 0.2) is 71.9 Å². The number of fused-ring (bicyclic) bond motifs is 3. The van der Waals surface area contributed by atoms with Crippen LogP contribution >= 0.6 is 0 Å². The van der Waals surface area contributed by atoms with Crippen LogP contribution in [0.4, 0.5) is 14.5 Å². The molecule has 224 valence electrons. The first-order valence-corrected chi connectivity index (χ1v) is 15.7. The number of hydrogen-bond donors (Lipinski definition) is 1. The van der Waals surface area contributed by atoms with Gasteiger partial charge in [-0.3, -0.25) is 14.8 Å². The second-order valence-electron chi connectivity index (χ2n) is 11.1. The summed E-state index contributed by atoms with van der Waals surface area (Å²) in [4.78, 5) is 28.7. The van der Waals surface area contributed by atoms with Crippen LogP contribution in [0.1, 0.15) is 35.0 Å². The van der Waals surface area contributed by atoms with Gasteiger partial charge in [0.1, 0.15) is 5.82 Å². The van der Waals surface area contributed by atoms with Crippen molar-refractivity contribution in [3.63, 3.8) is 0 Å². The summed E-state index contributed by atoms with van der Waals surface area (Å²) in [6, 6.07) is 16.1. The predicted octanol–water partition coefficient (Wildman–Crippen LogP) is 5.11. The van der Waals surface area contributed by atoms with Crippen LogP contribution < -0.4 is 10.2 Å². The molecule has 1 saturated heterocycles. The zero-order valence-corrected chi connectivity index (χ0v) is 24.4. The molecule has 5 heterocycles. The summed E-state index contributed by atoms with van der Waals surface area (Å²) < 4.78 is 59.0. The van der Waals surface area contributed by atoms with Gasteiger partial charge in [-0.15, -0.1) is 0 Å². The van der Waals surface area contributed by atoms with Crippen molar-refractivity contribution < 1.29 is 26.7 Å². The number of ether oxygens (including phenoxy) is 1. The summed E-state index contributed by atoms with van der Waals surface area (Å²) >= 11 is 0. The molecule has 9 nitrogen and oxygen atoms in total. The van der Waals surface area contributed by atoms with E-state index in [0.717, 1.165) is 51.9 Å². The Morgan fingerprint density at radius 3 is 2.75 bits per heavy atom. The Bertz CT molecular complexity index is 2070. The smallest absolute Gasteiger partial charge is 0.251 e. The van der Waals surface area contributed by atoms with Gasteiger partial charge in [0.2, 0.25) is 15.3 Å². The van der Waals surface area contributed by atoms with Crippen LogP contribution in [0, 0.1) is 5.82 Å². The molecule has 0 radical (unpaired) electrons. The van der Waals surface area contributed by atoms with Gasteiger partial charge in [0.15, 0.2) is 0 Å². The van der Waals surface area contributed by atoms with Crippen LogP contribution in [0.5, 0.6) is 0 Å². The molecule has 0 unspecified atom stereocenters. The summed E-state index contributed by atoms with van der Waals surface area (Å²) in [6.45, 7) is 2.08. The predicted molar refractivity (Wildman–Crippen MR) is 161 cm³/mol. The molecule has 1 N–H and O–H groups in total. The van der Waals surface area contributed by atoms with Gasteiger partial charge in [0.25, 0.3) is 5.91 Å². The molecule has 2 aliphatic rings. The normalized spacial score (nSPS) is 19.3. The molecule has 3 aromatic heterocycles. The highest BCUT2D eigenvalue weighted by Gasteiger charge is 2.35. The zero-order valence-electron chi connectivity index (χ0n) is 23.6. The summed E-state index contributed by atoms with van der Waals surface area (Å²) in [5.41, 5.74) is 1.81. The van der Waals surface area contributed by atoms with E-state index < -0.39 is 45.2 Å². The number of rotatable bonds is 5. The average molecular weight is 616 g/mol. The minimum atomic E-state index is -4.51. The van der Waals surface area contributed by atoms with E-state index in [9.17, 15) is 22.0 Å². The van der Waals surface area contributed by atoms with E-state index in [1.807, 2.05) is 36.5 Å². The Hall–Kier alpha value is -4.55. The van der Waals surface area contributed by atoms with E-state index in [1.165, 1.54) is 6.42 Å². The fourth-order valence-electron chi connectivity index (χ4n) is 5.61. The molecule has 7 rings (SSSR count). The quantitative estimate of drug-likeness (QED) is 0.290. The highest BCUT2D eigenvalue weighted by molar-refractivity contribution is 7.92. The third-order valence-corrected chi connectivity index (χ3v) is 10.0. The fraction of sp³-hybridized carbons (Fsp3) is 0.250.